The number of thiazole rings is 1. The van der Waals surface area contributed by atoms with Gasteiger partial charge in [-0.15, -0.1) is 11.3 Å². The second kappa shape index (κ2) is 6.54. The zero-order valence-corrected chi connectivity index (χ0v) is 13.3. The molecule has 114 valence electrons. The number of para-hydroxylation sites is 1. The van der Waals surface area contributed by atoms with Crippen LogP contribution in [0.5, 0.6) is 0 Å². The first kappa shape index (κ1) is 15.1. The number of nitrogens with zero attached hydrogens (tertiary/aromatic N) is 1. The van der Waals surface area contributed by atoms with Gasteiger partial charge in [-0.05, 0) is 19.1 Å². The van der Waals surface area contributed by atoms with Crippen molar-refractivity contribution in [3.05, 3.63) is 70.5 Å². The van der Waals surface area contributed by atoms with Crippen molar-refractivity contribution in [2.75, 3.05) is 5.32 Å². The highest BCUT2D eigenvalue weighted by molar-refractivity contribution is 7.12. The number of aromatic nitrogens is 1. The van der Waals surface area contributed by atoms with Crippen molar-refractivity contribution < 1.29 is 9.59 Å². The van der Waals surface area contributed by atoms with E-state index in [2.05, 4.69) is 10.3 Å². The van der Waals surface area contributed by atoms with Crippen molar-refractivity contribution in [2.24, 2.45) is 0 Å². The van der Waals surface area contributed by atoms with E-state index in [0.717, 1.165) is 11.3 Å². The Balaban J connectivity index is 1.83. The summed E-state index contributed by atoms with van der Waals surface area (Å²) >= 11 is 1.28. The lowest BCUT2D eigenvalue weighted by atomic mass is 10.1. The Morgan fingerprint density at radius 2 is 1.70 bits per heavy atom. The first-order valence-corrected chi connectivity index (χ1v) is 7.95. The molecule has 1 N–H and O–H groups in total. The molecule has 23 heavy (non-hydrogen) atoms. The van der Waals surface area contributed by atoms with Crippen LogP contribution in [0.3, 0.4) is 0 Å². The minimum atomic E-state index is -0.314. The number of benzene rings is 2. The molecule has 1 amide bonds. The van der Waals surface area contributed by atoms with E-state index in [-0.39, 0.29) is 11.7 Å². The molecule has 2 aromatic carbocycles. The normalized spacial score (nSPS) is 10.3. The van der Waals surface area contributed by atoms with Gasteiger partial charge in [0.2, 0.25) is 0 Å². The molecule has 1 heterocycles. The van der Waals surface area contributed by atoms with Gasteiger partial charge in [0.15, 0.2) is 10.8 Å². The highest BCUT2D eigenvalue weighted by Gasteiger charge is 2.15. The van der Waals surface area contributed by atoms with Crippen molar-refractivity contribution in [3.63, 3.8) is 0 Å². The molecule has 3 rings (SSSR count). The Labute approximate surface area is 137 Å². The number of Topliss-reactive ketones (excluding diaryl/α,β-unsaturated/α-hetero) is 1. The van der Waals surface area contributed by atoms with Crippen LogP contribution in [0, 0.1) is 0 Å². The lowest BCUT2D eigenvalue weighted by Gasteiger charge is -2.07. The third-order valence-electron chi connectivity index (χ3n) is 3.32. The Morgan fingerprint density at radius 1 is 1.00 bits per heavy atom. The Morgan fingerprint density at radius 3 is 2.43 bits per heavy atom. The molecule has 0 spiro atoms. The predicted molar refractivity (Wildman–Crippen MR) is 91.9 cm³/mol. The number of carbonyl (C=O) groups excluding carboxylic acids is 2. The molecule has 0 fully saturated rings. The maximum Gasteiger partial charge on any atom is 0.284 e. The molecule has 0 saturated carbocycles. The fraction of sp³-hybridized carbons (Fsp3) is 0.0556. The van der Waals surface area contributed by atoms with Crippen LogP contribution in [0.4, 0.5) is 5.69 Å². The van der Waals surface area contributed by atoms with E-state index in [1.807, 2.05) is 35.7 Å². The van der Waals surface area contributed by atoms with Crippen molar-refractivity contribution >= 4 is 28.7 Å². The van der Waals surface area contributed by atoms with E-state index in [4.69, 9.17) is 0 Å². The molecule has 0 unspecified atom stereocenters. The third-order valence-corrected chi connectivity index (χ3v) is 4.16. The Kier molecular flexibility index (Phi) is 4.30. The van der Waals surface area contributed by atoms with E-state index in [1.54, 1.807) is 24.3 Å². The molecule has 0 atom stereocenters. The monoisotopic (exact) mass is 322 g/mol. The molecule has 1 aromatic heterocycles. The molecule has 0 aliphatic rings. The largest absolute Gasteiger partial charge is 0.319 e. The maximum absolute atomic E-state index is 12.4. The topological polar surface area (TPSA) is 59.1 Å². The summed E-state index contributed by atoms with van der Waals surface area (Å²) in [5, 5.41) is 4.97. The van der Waals surface area contributed by atoms with Crippen molar-refractivity contribution in [2.45, 2.75) is 6.92 Å². The van der Waals surface area contributed by atoms with Crippen LogP contribution in [0.2, 0.25) is 0 Å². The number of ketones is 1. The summed E-state index contributed by atoms with van der Waals surface area (Å²) in [7, 11) is 0. The summed E-state index contributed by atoms with van der Waals surface area (Å²) < 4.78 is 0. The van der Waals surface area contributed by atoms with Crippen molar-refractivity contribution in [1.29, 1.82) is 0 Å². The molecular formula is C18H14N2O2S. The van der Waals surface area contributed by atoms with Gasteiger partial charge in [0.1, 0.15) is 0 Å². The van der Waals surface area contributed by atoms with Gasteiger partial charge in [0.25, 0.3) is 5.91 Å². The van der Waals surface area contributed by atoms with Crippen LogP contribution < -0.4 is 5.32 Å². The van der Waals surface area contributed by atoms with E-state index in [1.165, 1.54) is 18.3 Å². The molecule has 3 aromatic rings. The van der Waals surface area contributed by atoms with Crippen molar-refractivity contribution in [1.82, 2.24) is 4.98 Å². The fourth-order valence-corrected chi connectivity index (χ4v) is 2.92. The van der Waals surface area contributed by atoms with Crippen LogP contribution in [-0.4, -0.2) is 16.7 Å². The van der Waals surface area contributed by atoms with Gasteiger partial charge in [-0.25, -0.2) is 4.98 Å². The molecule has 5 heteroatoms. The maximum atomic E-state index is 12.4. The smallest absolute Gasteiger partial charge is 0.284 e. The number of anilines is 1. The van der Waals surface area contributed by atoms with Gasteiger partial charge in [-0.2, -0.15) is 0 Å². The van der Waals surface area contributed by atoms with Gasteiger partial charge in [-0.1, -0.05) is 42.5 Å². The van der Waals surface area contributed by atoms with Gasteiger partial charge in [0, 0.05) is 16.5 Å². The van der Waals surface area contributed by atoms with Gasteiger partial charge < -0.3 is 5.32 Å². The highest BCUT2D eigenvalue weighted by Crippen LogP contribution is 2.23. The standard InChI is InChI=1S/C18H14N2O2S/c1-12(21)14-9-5-6-10-15(14)19-17(22)18-20-16(11-23-18)13-7-3-2-4-8-13/h2-11H,1H3,(H,19,22). The SMILES string of the molecule is CC(=O)c1ccccc1NC(=O)c1nc(-c2ccccc2)cs1. The minimum absolute atomic E-state index is 0.0926. The van der Waals surface area contributed by atoms with Gasteiger partial charge in [-0.3, -0.25) is 9.59 Å². The summed E-state index contributed by atoms with van der Waals surface area (Å²) in [6.07, 6.45) is 0. The van der Waals surface area contributed by atoms with Crippen LogP contribution in [0.15, 0.2) is 60.0 Å². The summed E-state index contributed by atoms with van der Waals surface area (Å²) in [5.74, 6) is -0.407. The number of hydrogen-bond acceptors (Lipinski definition) is 4. The Hall–Kier alpha value is -2.79. The molecule has 4 nitrogen and oxygen atoms in total. The average Bonchev–Trinajstić information content (AvgIpc) is 3.06. The first-order chi connectivity index (χ1) is 11.1. The summed E-state index contributed by atoms with van der Waals surface area (Å²) in [4.78, 5) is 28.3. The molecule has 0 radical (unpaired) electrons. The number of carbonyl (C=O) groups is 2. The molecule has 0 aliphatic heterocycles. The zero-order chi connectivity index (χ0) is 16.2. The highest BCUT2D eigenvalue weighted by atomic mass is 32.1. The third kappa shape index (κ3) is 3.35. The number of hydrogen-bond donors (Lipinski definition) is 1. The quantitative estimate of drug-likeness (QED) is 0.730. The molecule has 0 aliphatic carbocycles. The average molecular weight is 322 g/mol. The minimum Gasteiger partial charge on any atom is -0.319 e. The van der Waals surface area contributed by atoms with E-state index in [9.17, 15) is 9.59 Å². The zero-order valence-electron chi connectivity index (χ0n) is 12.4. The number of rotatable bonds is 4. The first-order valence-electron chi connectivity index (χ1n) is 7.07. The summed E-state index contributed by atoms with van der Waals surface area (Å²) in [6, 6.07) is 16.6. The second-order valence-corrected chi connectivity index (χ2v) is 5.82. The lowest BCUT2D eigenvalue weighted by molar-refractivity contribution is 0.101. The second-order valence-electron chi connectivity index (χ2n) is 4.96. The van der Waals surface area contributed by atoms with E-state index < -0.39 is 0 Å². The van der Waals surface area contributed by atoms with Gasteiger partial charge in [0.05, 0.1) is 11.4 Å². The van der Waals surface area contributed by atoms with Crippen molar-refractivity contribution in [3.8, 4) is 11.3 Å². The van der Waals surface area contributed by atoms with E-state index >= 15 is 0 Å². The summed E-state index contributed by atoms with van der Waals surface area (Å²) in [6.45, 7) is 1.47. The van der Waals surface area contributed by atoms with Crippen LogP contribution in [-0.2, 0) is 0 Å². The summed E-state index contributed by atoms with van der Waals surface area (Å²) in [5.41, 5.74) is 2.72. The Bertz CT molecular complexity index is 856. The van der Waals surface area contributed by atoms with Gasteiger partial charge >= 0.3 is 0 Å². The lowest BCUT2D eigenvalue weighted by Crippen LogP contribution is -2.14. The molecule has 0 bridgehead atoms. The van der Waals surface area contributed by atoms with Crippen LogP contribution in [0.25, 0.3) is 11.3 Å². The van der Waals surface area contributed by atoms with Crippen LogP contribution >= 0.6 is 11.3 Å². The number of amides is 1. The fourth-order valence-electron chi connectivity index (χ4n) is 2.19. The molecule has 0 saturated heterocycles. The predicted octanol–water partition coefficient (Wildman–Crippen LogP) is 4.27. The van der Waals surface area contributed by atoms with Crippen LogP contribution in [0.1, 0.15) is 27.1 Å². The number of nitrogens with one attached hydrogen (secondary N) is 1. The van der Waals surface area contributed by atoms with E-state index in [0.29, 0.717) is 16.3 Å². The molecular weight excluding hydrogens is 308 g/mol.